The number of benzene rings is 3. The highest BCUT2D eigenvalue weighted by Gasteiger charge is 2.45. The molecule has 0 saturated carbocycles. The van der Waals surface area contributed by atoms with Crippen LogP contribution in [0, 0.1) is 0 Å². The van der Waals surface area contributed by atoms with Gasteiger partial charge in [-0.2, -0.15) is 0 Å². The fraction of sp³-hybridized carbons (Fsp3) is 0.275. The van der Waals surface area contributed by atoms with E-state index in [1.54, 1.807) is 42.6 Å². The average Bonchev–Trinajstić information content (AvgIpc) is 3.76. The van der Waals surface area contributed by atoms with Gasteiger partial charge in [0.2, 0.25) is 11.8 Å². The van der Waals surface area contributed by atoms with Gasteiger partial charge in [0.15, 0.2) is 5.78 Å². The van der Waals surface area contributed by atoms with Gasteiger partial charge in [-0.05, 0) is 42.8 Å². The Balaban J connectivity index is 0.790. The topological polar surface area (TPSA) is 203 Å². The number of imide groups is 2. The summed E-state index contributed by atoms with van der Waals surface area (Å²) in [6, 6.07) is 18.1. The van der Waals surface area contributed by atoms with E-state index in [1.165, 1.54) is 6.33 Å². The number of rotatable bonds is 19. The average molecular weight is 796 g/mol. The van der Waals surface area contributed by atoms with Gasteiger partial charge in [0.25, 0.3) is 11.8 Å². The molecule has 1 fully saturated rings. The Bertz CT molecular complexity index is 2300. The van der Waals surface area contributed by atoms with E-state index in [0.29, 0.717) is 97.9 Å². The molecule has 16 nitrogen and oxygen atoms in total. The summed E-state index contributed by atoms with van der Waals surface area (Å²) < 4.78 is 22.8. The molecule has 4 heterocycles. The van der Waals surface area contributed by atoms with Crippen LogP contribution in [0.3, 0.4) is 0 Å². The summed E-state index contributed by atoms with van der Waals surface area (Å²) in [6.45, 7) is 2.79. The fourth-order valence-electron chi connectivity index (χ4n) is 6.49. The summed E-state index contributed by atoms with van der Waals surface area (Å²) >= 11 is 6.54. The summed E-state index contributed by atoms with van der Waals surface area (Å²) in [5, 5.41) is 9.34. The molecule has 294 valence electrons. The lowest BCUT2D eigenvalue weighted by Gasteiger charge is -2.27. The number of nitrogens with zero attached hydrogens (tertiary/aromatic N) is 3. The first-order valence-electron chi connectivity index (χ1n) is 18.2. The Morgan fingerprint density at radius 1 is 0.807 bits per heavy atom. The standard InChI is InChI=1S/C40H38ClN7O9/c41-29-21-25(57-24-5-2-1-3-6-24)9-10-26(29)35(50)28-22-44-37-34(28)36(45-23-46-37)43-14-16-55-18-20-56-19-17-54-15-13-42-30-8-4-7-27-33(30)40(53)48(39(27)52)31-11-12-32(49)47-38(31)51/h1-10,21-23,31,42H,11-20H2,(H,47,49,51)(H2,43,44,45,46). The van der Waals surface area contributed by atoms with Gasteiger partial charge in [-0.3, -0.25) is 34.2 Å². The van der Waals surface area contributed by atoms with E-state index in [-0.39, 0.29) is 34.8 Å². The number of nitrogens with one attached hydrogen (secondary N) is 4. The molecule has 2 aromatic heterocycles. The van der Waals surface area contributed by atoms with E-state index >= 15 is 0 Å². The lowest BCUT2D eigenvalue weighted by molar-refractivity contribution is -0.136. The van der Waals surface area contributed by atoms with Crippen molar-refractivity contribution in [1.29, 1.82) is 0 Å². The van der Waals surface area contributed by atoms with Crippen molar-refractivity contribution in [1.82, 2.24) is 25.2 Å². The molecule has 2 aliphatic heterocycles. The predicted octanol–water partition coefficient (Wildman–Crippen LogP) is 4.61. The van der Waals surface area contributed by atoms with Gasteiger partial charge in [-0.15, -0.1) is 0 Å². The lowest BCUT2D eigenvalue weighted by Crippen LogP contribution is -2.54. The number of aromatic nitrogens is 3. The van der Waals surface area contributed by atoms with Crippen molar-refractivity contribution in [3.63, 3.8) is 0 Å². The maximum atomic E-state index is 13.6. The zero-order valence-corrected chi connectivity index (χ0v) is 31.3. The van der Waals surface area contributed by atoms with Gasteiger partial charge in [0, 0.05) is 43.0 Å². The second kappa shape index (κ2) is 18.2. The van der Waals surface area contributed by atoms with Crippen LogP contribution in [0.5, 0.6) is 11.5 Å². The number of ether oxygens (including phenoxy) is 4. The third-order valence-corrected chi connectivity index (χ3v) is 9.50. The number of aromatic amines is 1. The molecule has 57 heavy (non-hydrogen) atoms. The minimum atomic E-state index is -1.03. The SMILES string of the molecule is O=C1CCC(N2C(=O)c3cccc(NCCOCCOCCOCCNc4ncnc5[nH]cc(C(=O)c6ccc(Oc7ccccc7)cc6Cl)c45)c3C2=O)C(=O)N1. The Kier molecular flexibility index (Phi) is 12.4. The highest BCUT2D eigenvalue weighted by atomic mass is 35.5. The zero-order chi connectivity index (χ0) is 39.7. The van der Waals surface area contributed by atoms with Crippen LogP contribution in [0.4, 0.5) is 11.5 Å². The van der Waals surface area contributed by atoms with Gasteiger partial charge >= 0.3 is 0 Å². The van der Waals surface area contributed by atoms with Crippen molar-refractivity contribution in [3.05, 3.63) is 107 Å². The first-order valence-corrected chi connectivity index (χ1v) is 18.6. The monoisotopic (exact) mass is 795 g/mol. The molecule has 2 aliphatic rings. The molecular weight excluding hydrogens is 758 g/mol. The fourth-order valence-corrected chi connectivity index (χ4v) is 6.75. The number of fused-ring (bicyclic) bond motifs is 2. The quantitative estimate of drug-likeness (QED) is 0.0513. The lowest BCUT2D eigenvalue weighted by atomic mass is 10.0. The number of anilines is 2. The number of carbonyl (C=O) groups is 5. The number of para-hydroxylation sites is 1. The summed E-state index contributed by atoms with van der Waals surface area (Å²) in [7, 11) is 0. The molecular formula is C40H38ClN7O9. The Morgan fingerprint density at radius 3 is 2.28 bits per heavy atom. The molecule has 5 aromatic rings. The summed E-state index contributed by atoms with van der Waals surface area (Å²) in [6.07, 6.45) is 3.13. The van der Waals surface area contributed by atoms with Crippen LogP contribution in [0.15, 0.2) is 79.3 Å². The Hall–Kier alpha value is -6.20. The number of carbonyl (C=O) groups excluding carboxylic acids is 5. The third-order valence-electron chi connectivity index (χ3n) is 9.19. The van der Waals surface area contributed by atoms with Crippen LogP contribution < -0.4 is 20.7 Å². The molecule has 0 bridgehead atoms. The first-order chi connectivity index (χ1) is 27.8. The zero-order valence-electron chi connectivity index (χ0n) is 30.5. The van der Waals surface area contributed by atoms with Crippen LogP contribution >= 0.6 is 11.6 Å². The van der Waals surface area contributed by atoms with Crippen molar-refractivity contribution in [2.75, 3.05) is 63.4 Å². The highest BCUT2D eigenvalue weighted by Crippen LogP contribution is 2.33. The van der Waals surface area contributed by atoms with E-state index in [9.17, 15) is 24.0 Å². The second-order valence-corrected chi connectivity index (χ2v) is 13.3. The molecule has 0 aliphatic carbocycles. The van der Waals surface area contributed by atoms with Crippen LogP contribution in [0.2, 0.25) is 5.02 Å². The predicted molar refractivity (Wildman–Crippen MR) is 208 cm³/mol. The molecule has 4 N–H and O–H groups in total. The highest BCUT2D eigenvalue weighted by molar-refractivity contribution is 6.36. The number of halogens is 1. The molecule has 1 unspecified atom stereocenters. The first kappa shape index (κ1) is 39.1. The summed E-state index contributed by atoms with van der Waals surface area (Å²) in [4.78, 5) is 76.3. The van der Waals surface area contributed by atoms with Gasteiger partial charge < -0.3 is 34.6 Å². The number of hydrogen-bond acceptors (Lipinski definition) is 13. The van der Waals surface area contributed by atoms with Crippen molar-refractivity contribution in [2.24, 2.45) is 0 Å². The van der Waals surface area contributed by atoms with Crippen molar-refractivity contribution < 1.29 is 42.9 Å². The summed E-state index contributed by atoms with van der Waals surface area (Å²) in [5.41, 5.74) is 2.03. The number of piperidine rings is 1. The van der Waals surface area contributed by atoms with E-state index in [0.717, 1.165) is 4.90 Å². The van der Waals surface area contributed by atoms with E-state index < -0.39 is 29.7 Å². The Morgan fingerprint density at radius 2 is 1.54 bits per heavy atom. The molecule has 1 saturated heterocycles. The number of hydrogen-bond donors (Lipinski definition) is 4. The van der Waals surface area contributed by atoms with Gasteiger partial charge in [0.05, 0.1) is 66.7 Å². The van der Waals surface area contributed by atoms with E-state index in [1.807, 2.05) is 30.3 Å². The van der Waals surface area contributed by atoms with Crippen molar-refractivity contribution >= 4 is 63.6 Å². The van der Waals surface area contributed by atoms with Crippen LogP contribution in [0.1, 0.15) is 49.5 Å². The number of ketones is 1. The van der Waals surface area contributed by atoms with E-state index in [2.05, 4.69) is 30.9 Å². The van der Waals surface area contributed by atoms with E-state index in [4.69, 9.17) is 30.5 Å². The summed E-state index contributed by atoms with van der Waals surface area (Å²) in [5.74, 6) is -0.880. The van der Waals surface area contributed by atoms with Crippen LogP contribution in [-0.2, 0) is 23.8 Å². The van der Waals surface area contributed by atoms with Gasteiger partial charge in [-0.1, -0.05) is 35.9 Å². The van der Waals surface area contributed by atoms with Crippen LogP contribution in [0.25, 0.3) is 11.0 Å². The molecule has 4 amide bonds. The Labute approximate surface area is 331 Å². The van der Waals surface area contributed by atoms with Crippen molar-refractivity contribution in [2.45, 2.75) is 18.9 Å². The molecule has 1 atom stereocenters. The smallest absolute Gasteiger partial charge is 0.264 e. The molecule has 0 radical (unpaired) electrons. The van der Waals surface area contributed by atoms with Gasteiger partial charge in [-0.25, -0.2) is 9.97 Å². The molecule has 0 spiro atoms. The third kappa shape index (κ3) is 8.94. The second-order valence-electron chi connectivity index (χ2n) is 12.9. The number of amides is 4. The minimum absolute atomic E-state index is 0.0527. The normalized spacial score (nSPS) is 15.2. The maximum Gasteiger partial charge on any atom is 0.264 e. The molecule has 3 aromatic carbocycles. The van der Waals surface area contributed by atoms with Gasteiger partial charge in [0.1, 0.15) is 35.3 Å². The molecule has 7 rings (SSSR count). The van der Waals surface area contributed by atoms with Crippen LogP contribution in [-0.4, -0.2) is 108 Å². The minimum Gasteiger partial charge on any atom is -0.457 e. The molecule has 17 heteroatoms. The maximum absolute atomic E-state index is 13.6. The van der Waals surface area contributed by atoms with Crippen molar-refractivity contribution in [3.8, 4) is 11.5 Å². The largest absolute Gasteiger partial charge is 0.457 e. The number of H-pyrrole nitrogens is 1.